The van der Waals surface area contributed by atoms with E-state index in [0.29, 0.717) is 6.54 Å². The molecule has 35 heavy (non-hydrogen) atoms. The molecule has 2 aromatic heterocycles. The van der Waals surface area contributed by atoms with Gasteiger partial charge in [0, 0.05) is 18.4 Å². The van der Waals surface area contributed by atoms with Gasteiger partial charge in [0.2, 0.25) is 5.96 Å². The lowest BCUT2D eigenvalue weighted by molar-refractivity contribution is 0.0545. The average Bonchev–Trinajstić information content (AvgIpc) is 3.09. The van der Waals surface area contributed by atoms with Crippen LogP contribution in [-0.4, -0.2) is 50.4 Å². The van der Waals surface area contributed by atoms with Crippen molar-refractivity contribution < 1.29 is 19.1 Å². The minimum atomic E-state index is -0.730. The average molecular weight is 483 g/mol. The molecule has 188 valence electrons. The molecule has 0 radical (unpaired) electrons. The molecule has 0 saturated carbocycles. The molecule has 0 aliphatic carbocycles. The third-order valence-electron chi connectivity index (χ3n) is 4.71. The number of nitrogens with zero attached hydrogens (tertiary/aromatic N) is 4. The normalized spacial score (nSPS) is 11.9. The number of aliphatic imine (C=N–C) groups is 1. The maximum Gasteiger partial charge on any atom is 0.414 e. The summed E-state index contributed by atoms with van der Waals surface area (Å²) in [4.78, 5) is 38.3. The van der Waals surface area contributed by atoms with E-state index in [1.54, 1.807) is 47.7 Å². The number of carbonyl (C=O) groups excluding carboxylic acids is 2. The number of nitrogens with one attached hydrogen (secondary N) is 2. The molecule has 0 unspecified atom stereocenters. The Morgan fingerprint density at radius 2 is 1.57 bits per heavy atom. The molecular weight excluding hydrogens is 448 g/mol. The number of hydrogen-bond donors (Lipinski definition) is 2. The number of amides is 2. The molecule has 0 bridgehead atoms. The van der Waals surface area contributed by atoms with Crippen LogP contribution < -0.4 is 10.6 Å². The van der Waals surface area contributed by atoms with Crippen molar-refractivity contribution in [2.75, 3.05) is 6.54 Å². The Morgan fingerprint density at radius 3 is 2.14 bits per heavy atom. The lowest BCUT2D eigenvalue weighted by Gasteiger charge is -2.22. The molecular formula is C25H34N6O4. The van der Waals surface area contributed by atoms with Crippen LogP contribution in [0.5, 0.6) is 0 Å². The first-order valence-corrected chi connectivity index (χ1v) is 11.6. The number of fused-ring (bicyclic) bond motifs is 3. The molecule has 0 aliphatic rings. The van der Waals surface area contributed by atoms with Crippen LogP contribution in [0.4, 0.5) is 9.59 Å². The van der Waals surface area contributed by atoms with Gasteiger partial charge in [-0.15, -0.1) is 0 Å². The summed E-state index contributed by atoms with van der Waals surface area (Å²) < 4.78 is 12.7. The van der Waals surface area contributed by atoms with Crippen LogP contribution in [0.25, 0.3) is 21.9 Å². The van der Waals surface area contributed by atoms with Crippen molar-refractivity contribution in [1.29, 1.82) is 0 Å². The van der Waals surface area contributed by atoms with Crippen molar-refractivity contribution >= 4 is 40.1 Å². The van der Waals surface area contributed by atoms with E-state index in [-0.39, 0.29) is 12.5 Å². The molecule has 3 aromatic rings. The number of ether oxygens (including phenoxy) is 2. The van der Waals surface area contributed by atoms with Crippen molar-refractivity contribution in [3.8, 4) is 0 Å². The SMILES string of the molecule is CCc1nc2cnc3ccccc3c2n1CCN=C(NC(=O)OC(C)(C)C)NC(=O)OC(C)(C)C. The van der Waals surface area contributed by atoms with Crippen molar-refractivity contribution in [2.45, 2.75) is 72.6 Å². The topological polar surface area (TPSA) is 120 Å². The number of pyridine rings is 1. The van der Waals surface area contributed by atoms with E-state index >= 15 is 0 Å². The molecule has 3 rings (SSSR count). The predicted molar refractivity (Wildman–Crippen MR) is 135 cm³/mol. The van der Waals surface area contributed by atoms with E-state index in [1.807, 2.05) is 31.2 Å². The van der Waals surface area contributed by atoms with E-state index in [4.69, 9.17) is 14.5 Å². The highest BCUT2D eigenvalue weighted by Gasteiger charge is 2.21. The number of hydrogen-bond acceptors (Lipinski definition) is 7. The second kappa shape index (κ2) is 10.3. The Balaban J connectivity index is 1.87. The monoisotopic (exact) mass is 482 g/mol. The maximum absolute atomic E-state index is 12.3. The lowest BCUT2D eigenvalue weighted by Crippen LogP contribution is -2.47. The second-order valence-corrected chi connectivity index (χ2v) is 10.0. The quantitative estimate of drug-likeness (QED) is 0.416. The van der Waals surface area contributed by atoms with Gasteiger partial charge in [0.15, 0.2) is 0 Å². The molecule has 1 aromatic carbocycles. The number of carbonyl (C=O) groups is 2. The largest absolute Gasteiger partial charge is 0.444 e. The van der Waals surface area contributed by atoms with Crippen molar-refractivity contribution in [3.05, 3.63) is 36.3 Å². The molecule has 0 saturated heterocycles. The fourth-order valence-corrected chi connectivity index (χ4v) is 3.49. The Labute approximate surface area is 205 Å². The summed E-state index contributed by atoms with van der Waals surface area (Å²) in [6, 6.07) is 7.90. The van der Waals surface area contributed by atoms with Crippen molar-refractivity contribution in [1.82, 2.24) is 25.2 Å². The smallest absolute Gasteiger partial charge is 0.414 e. The van der Waals surface area contributed by atoms with Gasteiger partial charge in [-0.25, -0.2) is 14.6 Å². The lowest BCUT2D eigenvalue weighted by atomic mass is 10.2. The number of guanidine groups is 1. The summed E-state index contributed by atoms with van der Waals surface area (Å²) in [7, 11) is 0. The number of benzene rings is 1. The Morgan fingerprint density at radius 1 is 0.971 bits per heavy atom. The summed E-state index contributed by atoms with van der Waals surface area (Å²) in [5.74, 6) is 0.845. The summed E-state index contributed by atoms with van der Waals surface area (Å²) in [5.41, 5.74) is 1.25. The van der Waals surface area contributed by atoms with Crippen LogP contribution in [0.3, 0.4) is 0 Å². The highest BCUT2D eigenvalue weighted by Crippen LogP contribution is 2.25. The summed E-state index contributed by atoms with van der Waals surface area (Å²) in [6.45, 7) is 13.3. The zero-order chi connectivity index (χ0) is 25.8. The number of imidazole rings is 1. The van der Waals surface area contributed by atoms with E-state index in [1.165, 1.54) is 0 Å². The van der Waals surface area contributed by atoms with Crippen LogP contribution in [0, 0.1) is 0 Å². The van der Waals surface area contributed by atoms with Gasteiger partial charge in [0.25, 0.3) is 0 Å². The molecule has 0 atom stereocenters. The summed E-state index contributed by atoms with van der Waals surface area (Å²) in [5, 5.41) is 6.02. The summed E-state index contributed by atoms with van der Waals surface area (Å²) in [6.07, 6.45) is 1.04. The molecule has 2 amide bonds. The highest BCUT2D eigenvalue weighted by atomic mass is 16.6. The van der Waals surface area contributed by atoms with Gasteiger partial charge >= 0.3 is 12.2 Å². The molecule has 2 N–H and O–H groups in total. The molecule has 0 fully saturated rings. The molecule has 0 spiro atoms. The second-order valence-electron chi connectivity index (χ2n) is 10.0. The van der Waals surface area contributed by atoms with E-state index < -0.39 is 23.4 Å². The third-order valence-corrected chi connectivity index (χ3v) is 4.71. The first-order valence-electron chi connectivity index (χ1n) is 11.6. The number of aromatic nitrogens is 3. The van der Waals surface area contributed by atoms with Gasteiger partial charge in [-0.3, -0.25) is 20.6 Å². The van der Waals surface area contributed by atoms with Crippen molar-refractivity contribution in [3.63, 3.8) is 0 Å². The Bertz CT molecular complexity index is 1220. The number of para-hydroxylation sites is 1. The van der Waals surface area contributed by atoms with Crippen LogP contribution in [-0.2, 0) is 22.4 Å². The predicted octanol–water partition coefficient (Wildman–Crippen LogP) is 4.55. The standard InChI is InChI=1S/C25H34N6O4/c1-8-19-28-18-15-27-17-12-10-9-11-16(17)20(18)31(19)14-13-26-21(29-22(32)34-24(2,3)4)30-23(33)35-25(5,6)7/h9-12,15H,8,13-14H2,1-7H3,(H2,26,29,30,32,33). The van der Waals surface area contributed by atoms with Gasteiger partial charge < -0.3 is 14.0 Å². The molecule has 2 heterocycles. The third kappa shape index (κ3) is 7.14. The van der Waals surface area contributed by atoms with Gasteiger partial charge in [0.05, 0.1) is 23.8 Å². The number of alkyl carbamates (subject to hydrolysis) is 2. The van der Waals surface area contributed by atoms with Gasteiger partial charge in [0.1, 0.15) is 22.5 Å². The number of aryl methyl sites for hydroxylation is 1. The highest BCUT2D eigenvalue weighted by molar-refractivity contribution is 6.02. The minimum Gasteiger partial charge on any atom is -0.444 e. The Kier molecular flexibility index (Phi) is 7.62. The van der Waals surface area contributed by atoms with Gasteiger partial charge in [-0.2, -0.15) is 0 Å². The maximum atomic E-state index is 12.3. The van der Waals surface area contributed by atoms with Crippen LogP contribution in [0.2, 0.25) is 0 Å². The van der Waals surface area contributed by atoms with Gasteiger partial charge in [-0.05, 0) is 47.6 Å². The molecule has 10 heteroatoms. The zero-order valence-electron chi connectivity index (χ0n) is 21.4. The fourth-order valence-electron chi connectivity index (χ4n) is 3.49. The number of rotatable bonds is 4. The Hall–Kier alpha value is -3.69. The van der Waals surface area contributed by atoms with Crippen molar-refractivity contribution in [2.24, 2.45) is 4.99 Å². The molecule has 0 aliphatic heterocycles. The van der Waals surface area contributed by atoms with E-state index in [2.05, 4.69) is 25.2 Å². The van der Waals surface area contributed by atoms with Gasteiger partial charge in [-0.1, -0.05) is 25.1 Å². The first kappa shape index (κ1) is 25.9. The summed E-state index contributed by atoms with van der Waals surface area (Å²) >= 11 is 0. The van der Waals surface area contributed by atoms with E-state index in [9.17, 15) is 9.59 Å². The minimum absolute atomic E-state index is 0.0532. The zero-order valence-corrected chi connectivity index (χ0v) is 21.4. The first-order chi connectivity index (χ1) is 16.4. The van der Waals surface area contributed by atoms with E-state index in [0.717, 1.165) is 34.2 Å². The van der Waals surface area contributed by atoms with Crippen LogP contribution >= 0.6 is 0 Å². The van der Waals surface area contributed by atoms with Crippen LogP contribution in [0.15, 0.2) is 35.5 Å². The molecule has 10 nitrogen and oxygen atoms in total. The van der Waals surface area contributed by atoms with Crippen LogP contribution in [0.1, 0.15) is 54.3 Å². The fraction of sp³-hybridized carbons (Fsp3) is 0.480.